The first-order chi connectivity index (χ1) is 10.1. The molecule has 0 radical (unpaired) electrons. The maximum atomic E-state index is 10.9. The molecule has 0 aliphatic carbocycles. The van der Waals surface area contributed by atoms with Gasteiger partial charge >= 0.3 is 5.97 Å². The number of fused-ring (bicyclic) bond motifs is 1. The Labute approximate surface area is 121 Å². The van der Waals surface area contributed by atoms with Gasteiger partial charge in [0.05, 0.1) is 17.1 Å². The molecule has 0 aliphatic heterocycles. The first kappa shape index (κ1) is 13.4. The predicted molar refractivity (Wildman–Crippen MR) is 78.6 cm³/mol. The van der Waals surface area contributed by atoms with Gasteiger partial charge in [0.25, 0.3) is 0 Å². The van der Waals surface area contributed by atoms with Crippen molar-refractivity contribution in [3.8, 4) is 0 Å². The topological polar surface area (TPSA) is 68.3 Å². The monoisotopic (exact) mass is 284 g/mol. The number of aromatic carboxylic acids is 1. The lowest BCUT2D eigenvalue weighted by molar-refractivity contribution is 0.0659. The summed E-state index contributed by atoms with van der Waals surface area (Å²) in [7, 11) is 0. The number of para-hydroxylation sites is 2. The van der Waals surface area contributed by atoms with Crippen molar-refractivity contribution in [2.75, 3.05) is 0 Å². The lowest BCUT2D eigenvalue weighted by atomic mass is 10.2. The van der Waals surface area contributed by atoms with E-state index in [-0.39, 0.29) is 11.8 Å². The number of aryl methyl sites for hydroxylation is 1. The number of benzene rings is 1. The summed E-state index contributed by atoms with van der Waals surface area (Å²) in [4.78, 5) is 15.6. The lowest BCUT2D eigenvalue weighted by Gasteiger charge is -2.15. The van der Waals surface area contributed by atoms with Crippen LogP contribution in [0.4, 0.5) is 0 Å². The summed E-state index contributed by atoms with van der Waals surface area (Å²) >= 11 is 0. The van der Waals surface area contributed by atoms with Gasteiger partial charge in [-0.05, 0) is 31.2 Å². The molecular weight excluding hydrogens is 268 g/mol. The van der Waals surface area contributed by atoms with E-state index in [1.807, 2.05) is 31.2 Å². The van der Waals surface area contributed by atoms with Crippen molar-refractivity contribution < 1.29 is 14.3 Å². The molecule has 5 nitrogen and oxygen atoms in total. The van der Waals surface area contributed by atoms with Gasteiger partial charge in [-0.25, -0.2) is 9.78 Å². The van der Waals surface area contributed by atoms with E-state index < -0.39 is 5.97 Å². The van der Waals surface area contributed by atoms with Crippen LogP contribution in [-0.4, -0.2) is 20.6 Å². The Balaban J connectivity index is 2.11. The number of rotatable bonds is 4. The second-order valence-electron chi connectivity index (χ2n) is 4.92. The van der Waals surface area contributed by atoms with E-state index in [0.717, 1.165) is 23.3 Å². The van der Waals surface area contributed by atoms with Gasteiger partial charge in [-0.1, -0.05) is 19.1 Å². The second kappa shape index (κ2) is 5.09. The fraction of sp³-hybridized carbons (Fsp3) is 0.250. The van der Waals surface area contributed by atoms with Crippen LogP contribution in [0.2, 0.25) is 0 Å². The van der Waals surface area contributed by atoms with E-state index in [0.29, 0.717) is 5.76 Å². The minimum atomic E-state index is -1.06. The summed E-state index contributed by atoms with van der Waals surface area (Å²) < 4.78 is 7.53. The van der Waals surface area contributed by atoms with Gasteiger partial charge < -0.3 is 14.1 Å². The van der Waals surface area contributed by atoms with Crippen molar-refractivity contribution in [1.82, 2.24) is 9.55 Å². The maximum Gasteiger partial charge on any atom is 0.371 e. The highest BCUT2D eigenvalue weighted by Crippen LogP contribution is 2.27. The van der Waals surface area contributed by atoms with E-state index >= 15 is 0 Å². The summed E-state index contributed by atoms with van der Waals surface area (Å²) in [6.07, 6.45) is 0.797. The Morgan fingerprint density at radius 3 is 2.76 bits per heavy atom. The third-order valence-electron chi connectivity index (χ3n) is 3.62. The molecule has 0 fully saturated rings. The molecule has 1 aromatic carbocycles. The predicted octanol–water partition coefficient (Wildman–Crippen LogP) is 3.50. The van der Waals surface area contributed by atoms with Gasteiger partial charge in [0.1, 0.15) is 11.6 Å². The Kier molecular flexibility index (Phi) is 3.25. The van der Waals surface area contributed by atoms with Crippen molar-refractivity contribution >= 4 is 17.0 Å². The quantitative estimate of drug-likeness (QED) is 0.796. The Morgan fingerprint density at radius 2 is 2.10 bits per heavy atom. The van der Waals surface area contributed by atoms with Crippen molar-refractivity contribution in [2.24, 2.45) is 0 Å². The van der Waals surface area contributed by atoms with Crippen LogP contribution in [0.1, 0.15) is 42.0 Å². The molecular formula is C16H16N2O3. The van der Waals surface area contributed by atoms with Gasteiger partial charge in [0.15, 0.2) is 0 Å². The molecule has 3 rings (SSSR count). The standard InChI is InChI=1S/C16H16N2O3/c1-3-15-17-11-6-4-5-7-12(11)18(15)10(2)13-8-9-14(21-13)16(19)20/h4-10H,3H2,1-2H3,(H,19,20). The smallest absolute Gasteiger partial charge is 0.371 e. The number of carboxylic acid groups (broad SMARTS) is 1. The highest BCUT2D eigenvalue weighted by atomic mass is 16.4. The number of furan rings is 1. The molecule has 1 N–H and O–H groups in total. The van der Waals surface area contributed by atoms with Gasteiger partial charge in [0, 0.05) is 6.42 Å². The molecule has 0 amide bonds. The van der Waals surface area contributed by atoms with Crippen LogP contribution >= 0.6 is 0 Å². The van der Waals surface area contributed by atoms with E-state index in [9.17, 15) is 4.79 Å². The highest BCUT2D eigenvalue weighted by Gasteiger charge is 2.20. The van der Waals surface area contributed by atoms with E-state index in [1.54, 1.807) is 6.07 Å². The zero-order valence-corrected chi connectivity index (χ0v) is 11.9. The van der Waals surface area contributed by atoms with E-state index in [1.165, 1.54) is 6.07 Å². The number of nitrogens with zero attached hydrogens (tertiary/aromatic N) is 2. The van der Waals surface area contributed by atoms with Crippen molar-refractivity contribution in [1.29, 1.82) is 0 Å². The first-order valence-electron chi connectivity index (χ1n) is 6.90. The van der Waals surface area contributed by atoms with Crippen LogP contribution in [0.5, 0.6) is 0 Å². The molecule has 0 spiro atoms. The van der Waals surface area contributed by atoms with E-state index in [2.05, 4.69) is 16.5 Å². The van der Waals surface area contributed by atoms with Gasteiger partial charge in [-0.2, -0.15) is 0 Å². The Morgan fingerprint density at radius 1 is 1.33 bits per heavy atom. The van der Waals surface area contributed by atoms with Crippen molar-refractivity contribution in [3.05, 3.63) is 53.7 Å². The summed E-state index contributed by atoms with van der Waals surface area (Å²) in [5.41, 5.74) is 1.96. The maximum absolute atomic E-state index is 10.9. The molecule has 5 heteroatoms. The number of carbonyl (C=O) groups is 1. The van der Waals surface area contributed by atoms with Crippen molar-refractivity contribution in [3.63, 3.8) is 0 Å². The van der Waals surface area contributed by atoms with Crippen molar-refractivity contribution in [2.45, 2.75) is 26.3 Å². The molecule has 1 unspecified atom stereocenters. The molecule has 0 saturated heterocycles. The SMILES string of the molecule is CCc1nc2ccccc2n1C(C)c1ccc(C(=O)O)o1. The largest absolute Gasteiger partial charge is 0.475 e. The molecule has 2 heterocycles. The molecule has 2 aromatic heterocycles. The summed E-state index contributed by atoms with van der Waals surface area (Å²) in [6.45, 7) is 4.03. The minimum absolute atomic E-state index is 0.0423. The van der Waals surface area contributed by atoms with Crippen LogP contribution in [0.3, 0.4) is 0 Å². The van der Waals surface area contributed by atoms with Gasteiger partial charge in [-0.15, -0.1) is 0 Å². The molecule has 21 heavy (non-hydrogen) atoms. The zero-order chi connectivity index (χ0) is 15.0. The number of hydrogen-bond acceptors (Lipinski definition) is 3. The fourth-order valence-electron chi connectivity index (χ4n) is 2.60. The lowest BCUT2D eigenvalue weighted by Crippen LogP contribution is -2.09. The molecule has 0 aliphatic rings. The molecule has 1 atom stereocenters. The zero-order valence-electron chi connectivity index (χ0n) is 11.9. The van der Waals surface area contributed by atoms with Crippen LogP contribution in [0, 0.1) is 0 Å². The summed E-state index contributed by atoms with van der Waals surface area (Å²) in [6, 6.07) is 11.0. The minimum Gasteiger partial charge on any atom is -0.475 e. The van der Waals surface area contributed by atoms with Crippen LogP contribution in [0.25, 0.3) is 11.0 Å². The first-order valence-corrected chi connectivity index (χ1v) is 6.90. The van der Waals surface area contributed by atoms with E-state index in [4.69, 9.17) is 9.52 Å². The number of hydrogen-bond donors (Lipinski definition) is 1. The van der Waals surface area contributed by atoms with Crippen LogP contribution in [0.15, 0.2) is 40.8 Å². The third kappa shape index (κ3) is 2.20. The van der Waals surface area contributed by atoms with Gasteiger partial charge in [-0.3, -0.25) is 0 Å². The fourth-order valence-corrected chi connectivity index (χ4v) is 2.60. The Bertz CT molecular complexity index is 801. The molecule has 0 saturated carbocycles. The van der Waals surface area contributed by atoms with Gasteiger partial charge in [0.2, 0.25) is 5.76 Å². The van der Waals surface area contributed by atoms with Crippen LogP contribution < -0.4 is 0 Å². The third-order valence-corrected chi connectivity index (χ3v) is 3.62. The average Bonchev–Trinajstić information content (AvgIpc) is 3.11. The Hall–Kier alpha value is -2.56. The second-order valence-corrected chi connectivity index (χ2v) is 4.92. The summed E-state index contributed by atoms with van der Waals surface area (Å²) in [5.74, 6) is 0.473. The molecule has 0 bridgehead atoms. The normalized spacial score (nSPS) is 12.7. The molecule has 108 valence electrons. The van der Waals surface area contributed by atoms with Crippen LogP contribution in [-0.2, 0) is 6.42 Å². The molecule has 3 aromatic rings. The summed E-state index contributed by atoms with van der Waals surface area (Å²) in [5, 5.41) is 8.97. The average molecular weight is 284 g/mol. The number of aromatic nitrogens is 2. The number of imidazole rings is 1. The number of carboxylic acids is 1. The highest BCUT2D eigenvalue weighted by molar-refractivity contribution is 5.84.